The number of benzene rings is 2. The maximum atomic E-state index is 12.6. The molecule has 10 heteroatoms. The number of rotatable bonds is 7. The minimum atomic E-state index is -1.35. The first-order valence-electron chi connectivity index (χ1n) is 10.4. The van der Waals surface area contributed by atoms with E-state index >= 15 is 0 Å². The number of hydrogen-bond acceptors (Lipinski definition) is 5. The summed E-state index contributed by atoms with van der Waals surface area (Å²) < 4.78 is 1.19. The number of aryl methyl sites for hydroxylation is 3. The van der Waals surface area contributed by atoms with Gasteiger partial charge in [-0.15, -0.1) is 0 Å². The molecule has 0 radical (unpaired) electrons. The molecule has 1 aromatic heterocycles. The van der Waals surface area contributed by atoms with E-state index in [0.29, 0.717) is 17.5 Å². The number of urea groups is 1. The Bertz CT molecular complexity index is 1260. The largest absolute Gasteiger partial charge is 1.00 e. The average molecular weight is 493 g/mol. The van der Waals surface area contributed by atoms with E-state index in [1.54, 1.807) is 12.1 Å². The standard InChI is InChI=1S/C25H27N3O5.2Na/c1-15-7-4-5-9-18(15)11-17-8-6-10-19(12-17)20(13-21(29)30)26-25(33)27-22-23(31)16(2)14-28(3)24(22)32;;/h4-10,12,14,20,31H,11,13H2,1-3H3,(H,29,30)(H2,26,27,33);;/q;2*+1/p-2/t20-;;/m0../s1. The smallest absolute Gasteiger partial charge is 0.871 e. The minimum Gasteiger partial charge on any atom is -0.871 e. The average Bonchev–Trinajstić information content (AvgIpc) is 2.76. The molecule has 0 spiro atoms. The summed E-state index contributed by atoms with van der Waals surface area (Å²) in [7, 11) is 1.47. The maximum absolute atomic E-state index is 12.6. The van der Waals surface area contributed by atoms with E-state index in [4.69, 9.17) is 0 Å². The van der Waals surface area contributed by atoms with Crippen LogP contribution in [0, 0.1) is 13.8 Å². The fourth-order valence-corrected chi connectivity index (χ4v) is 3.66. The van der Waals surface area contributed by atoms with Crippen LogP contribution >= 0.6 is 0 Å². The number of anilines is 1. The third-order valence-electron chi connectivity index (χ3n) is 5.43. The first-order chi connectivity index (χ1) is 15.7. The monoisotopic (exact) mass is 493 g/mol. The molecule has 0 aliphatic rings. The number of carbonyl (C=O) groups is 2. The van der Waals surface area contributed by atoms with Crippen LogP contribution in [0.15, 0.2) is 59.5 Å². The van der Waals surface area contributed by atoms with Crippen molar-refractivity contribution in [3.63, 3.8) is 0 Å². The molecule has 2 amide bonds. The number of nitrogens with one attached hydrogen (secondary N) is 2. The van der Waals surface area contributed by atoms with Crippen molar-refractivity contribution in [3.8, 4) is 5.75 Å². The molecule has 8 nitrogen and oxygen atoms in total. The van der Waals surface area contributed by atoms with Crippen LogP contribution in [0.5, 0.6) is 5.75 Å². The van der Waals surface area contributed by atoms with E-state index < -0.39 is 41.5 Å². The number of carboxylic acids is 1. The number of amides is 2. The van der Waals surface area contributed by atoms with Gasteiger partial charge in [0.05, 0.1) is 6.04 Å². The zero-order valence-corrected chi connectivity index (χ0v) is 24.7. The van der Waals surface area contributed by atoms with Gasteiger partial charge in [-0.2, -0.15) is 0 Å². The number of nitrogens with zero attached hydrogens (tertiary/aromatic N) is 1. The predicted molar refractivity (Wildman–Crippen MR) is 121 cm³/mol. The van der Waals surface area contributed by atoms with Crippen molar-refractivity contribution in [1.82, 2.24) is 9.88 Å². The molecule has 0 bridgehead atoms. The molecule has 0 aliphatic carbocycles. The molecule has 0 saturated heterocycles. The van der Waals surface area contributed by atoms with Crippen molar-refractivity contribution in [2.24, 2.45) is 7.05 Å². The van der Waals surface area contributed by atoms with E-state index in [9.17, 15) is 24.6 Å². The molecule has 2 aromatic carbocycles. The Morgan fingerprint density at radius 2 is 1.71 bits per heavy atom. The van der Waals surface area contributed by atoms with Crippen molar-refractivity contribution >= 4 is 17.7 Å². The Morgan fingerprint density at radius 1 is 1.03 bits per heavy atom. The van der Waals surface area contributed by atoms with E-state index in [2.05, 4.69) is 10.6 Å². The number of aliphatic carboxylic acids is 1. The van der Waals surface area contributed by atoms with E-state index in [1.165, 1.54) is 24.7 Å². The van der Waals surface area contributed by atoms with Crippen LogP contribution in [-0.4, -0.2) is 16.6 Å². The molecule has 35 heavy (non-hydrogen) atoms. The van der Waals surface area contributed by atoms with Gasteiger partial charge >= 0.3 is 65.1 Å². The second-order valence-electron chi connectivity index (χ2n) is 8.01. The Balaban J connectivity index is 0.00000306. The van der Waals surface area contributed by atoms with Crippen LogP contribution in [-0.2, 0) is 18.3 Å². The molecule has 3 aromatic rings. The zero-order valence-electron chi connectivity index (χ0n) is 20.7. The molecule has 0 aliphatic heterocycles. The fourth-order valence-electron chi connectivity index (χ4n) is 3.66. The van der Waals surface area contributed by atoms with E-state index in [-0.39, 0.29) is 59.1 Å². The maximum Gasteiger partial charge on any atom is 1.00 e. The fraction of sp³-hybridized carbons (Fsp3) is 0.240. The van der Waals surface area contributed by atoms with Crippen LogP contribution in [0.4, 0.5) is 10.5 Å². The van der Waals surface area contributed by atoms with Crippen molar-refractivity contribution < 1.29 is 78.9 Å². The van der Waals surface area contributed by atoms with E-state index in [1.807, 2.05) is 43.3 Å². The van der Waals surface area contributed by atoms with Crippen LogP contribution in [0.1, 0.15) is 40.3 Å². The van der Waals surface area contributed by atoms with Gasteiger partial charge in [0.25, 0.3) is 5.56 Å². The van der Waals surface area contributed by atoms with Gasteiger partial charge in [0, 0.05) is 25.6 Å². The minimum absolute atomic E-state index is 0. The van der Waals surface area contributed by atoms with Crippen molar-refractivity contribution in [3.05, 3.63) is 92.9 Å². The molecule has 172 valence electrons. The topological polar surface area (TPSA) is 126 Å². The number of carbonyl (C=O) groups excluding carboxylic acids is 2. The molecule has 1 heterocycles. The molecule has 2 N–H and O–H groups in total. The molecule has 1 atom stereocenters. The summed E-state index contributed by atoms with van der Waals surface area (Å²) >= 11 is 0. The summed E-state index contributed by atoms with van der Waals surface area (Å²) in [5.41, 5.74) is 3.03. The van der Waals surface area contributed by atoms with Crippen molar-refractivity contribution in [2.45, 2.75) is 32.7 Å². The molecular weight excluding hydrogens is 468 g/mol. The second kappa shape index (κ2) is 13.9. The quantitative estimate of drug-likeness (QED) is 0.322. The number of carboxylic acid groups (broad SMARTS) is 1. The first-order valence-corrected chi connectivity index (χ1v) is 10.4. The first kappa shape index (κ1) is 31.0. The van der Waals surface area contributed by atoms with Gasteiger partial charge in [-0.05, 0) is 48.1 Å². The summed E-state index contributed by atoms with van der Waals surface area (Å²) in [5.74, 6) is -1.94. The summed E-state index contributed by atoms with van der Waals surface area (Å²) in [4.78, 5) is 36.2. The summed E-state index contributed by atoms with van der Waals surface area (Å²) in [6, 6.07) is 13.4. The van der Waals surface area contributed by atoms with Gasteiger partial charge in [-0.25, -0.2) is 4.79 Å². The molecule has 3 rings (SSSR count). The van der Waals surface area contributed by atoms with Crippen molar-refractivity contribution in [2.75, 3.05) is 5.32 Å². The molecule has 0 unspecified atom stereocenters. The van der Waals surface area contributed by atoms with Gasteiger partial charge in [0.2, 0.25) is 0 Å². The second-order valence-corrected chi connectivity index (χ2v) is 8.01. The molecular formula is C25H25N3Na2O5. The SMILES string of the molecule is Cc1ccccc1Cc1cccc([C@H](CC(=O)[O-])NC(=O)Nc2c([O-])c(C)cn(C)c2=O)c1.[Na+].[Na+]. The number of pyridine rings is 1. The van der Waals surface area contributed by atoms with Crippen molar-refractivity contribution in [1.29, 1.82) is 0 Å². The van der Waals surface area contributed by atoms with Gasteiger partial charge in [-0.1, -0.05) is 54.3 Å². The zero-order chi connectivity index (χ0) is 24.1. The van der Waals surface area contributed by atoms with Gasteiger partial charge < -0.3 is 30.2 Å². The van der Waals surface area contributed by atoms with Gasteiger partial charge in [-0.3, -0.25) is 4.79 Å². The van der Waals surface area contributed by atoms with Crippen LogP contribution in [0.2, 0.25) is 0 Å². The van der Waals surface area contributed by atoms with Gasteiger partial charge in [0.15, 0.2) is 0 Å². The normalized spacial score (nSPS) is 10.9. The van der Waals surface area contributed by atoms with Gasteiger partial charge in [0.1, 0.15) is 5.69 Å². The number of hydrogen-bond donors (Lipinski definition) is 2. The molecule has 0 saturated carbocycles. The van der Waals surface area contributed by atoms with E-state index in [0.717, 1.165) is 16.7 Å². The summed E-state index contributed by atoms with van der Waals surface area (Å²) in [6.45, 7) is 3.55. The number of aromatic nitrogens is 1. The Labute approximate surface area is 248 Å². The van der Waals surface area contributed by atoms with Crippen LogP contribution < -0.4 is 85.5 Å². The summed E-state index contributed by atoms with van der Waals surface area (Å²) in [6.07, 6.45) is 1.55. The van der Waals surface area contributed by atoms with Crippen LogP contribution in [0.3, 0.4) is 0 Å². The Kier molecular flexibility index (Phi) is 12.3. The summed E-state index contributed by atoms with van der Waals surface area (Å²) in [5, 5.41) is 28.5. The Morgan fingerprint density at radius 3 is 2.37 bits per heavy atom. The predicted octanol–water partition coefficient (Wildman–Crippen LogP) is -4.32. The Hall–Kier alpha value is -2.07. The molecule has 0 fully saturated rings. The third kappa shape index (κ3) is 8.24. The third-order valence-corrected chi connectivity index (χ3v) is 5.43. The van der Waals surface area contributed by atoms with Crippen LogP contribution in [0.25, 0.3) is 0 Å².